The third-order valence-electron chi connectivity index (χ3n) is 2.95. The summed E-state index contributed by atoms with van der Waals surface area (Å²) in [6.07, 6.45) is 0.447. The Morgan fingerprint density at radius 2 is 2.16 bits per heavy atom. The number of carbonyl (C=O) groups is 1. The number of fused-ring (bicyclic) bond motifs is 1. The van der Waals surface area contributed by atoms with Crippen molar-refractivity contribution in [3.63, 3.8) is 0 Å². The topological polar surface area (TPSA) is 49.8 Å². The zero-order valence-corrected chi connectivity index (χ0v) is 12.1. The molecule has 19 heavy (non-hydrogen) atoms. The van der Waals surface area contributed by atoms with Crippen LogP contribution in [0.5, 0.6) is 0 Å². The second-order valence-corrected chi connectivity index (χ2v) is 5.43. The van der Waals surface area contributed by atoms with E-state index in [0.717, 1.165) is 17.6 Å². The monoisotopic (exact) mass is 277 g/mol. The third-order valence-corrected chi connectivity index (χ3v) is 3.27. The summed E-state index contributed by atoms with van der Waals surface area (Å²) in [5.41, 5.74) is 2.05. The van der Waals surface area contributed by atoms with E-state index in [9.17, 15) is 4.79 Å². The summed E-state index contributed by atoms with van der Waals surface area (Å²) in [5.74, 6) is 0.542. The van der Waals surface area contributed by atoms with Crippen LogP contribution in [0.15, 0.2) is 24.3 Å². The quantitative estimate of drug-likeness (QED) is 0.826. The number of para-hydroxylation sites is 2. The molecule has 4 nitrogen and oxygen atoms in total. The zero-order chi connectivity index (χ0) is 13.8. The first-order chi connectivity index (χ1) is 9.08. The molecule has 1 aromatic heterocycles. The number of imidazole rings is 1. The predicted octanol–water partition coefficient (Wildman–Crippen LogP) is 2.86. The van der Waals surface area contributed by atoms with Crippen LogP contribution in [0.2, 0.25) is 0 Å². The highest BCUT2D eigenvalue weighted by Crippen LogP contribution is 2.13. The van der Waals surface area contributed by atoms with Crippen LogP contribution >= 0.6 is 12.2 Å². The number of nitrogens with one attached hydrogen (secondary N) is 2. The summed E-state index contributed by atoms with van der Waals surface area (Å²) in [7, 11) is 0. The SMILES string of the molecule is CC(C)CNC(=O)CCn1c(=S)[nH]c2ccccc21. The molecule has 0 radical (unpaired) electrons. The molecule has 0 spiro atoms. The van der Waals surface area contributed by atoms with E-state index in [1.165, 1.54) is 0 Å². The Kier molecular flexibility index (Phi) is 4.37. The molecular weight excluding hydrogens is 258 g/mol. The summed E-state index contributed by atoms with van der Waals surface area (Å²) in [5, 5.41) is 2.92. The van der Waals surface area contributed by atoms with Gasteiger partial charge in [0.1, 0.15) is 0 Å². The number of rotatable bonds is 5. The van der Waals surface area contributed by atoms with Gasteiger partial charge in [0.2, 0.25) is 5.91 Å². The van der Waals surface area contributed by atoms with Gasteiger partial charge in [-0.25, -0.2) is 0 Å². The van der Waals surface area contributed by atoms with Crippen LogP contribution in [0.25, 0.3) is 11.0 Å². The van der Waals surface area contributed by atoms with Crippen molar-refractivity contribution in [1.82, 2.24) is 14.9 Å². The Hall–Kier alpha value is -1.62. The van der Waals surface area contributed by atoms with Gasteiger partial charge in [-0.1, -0.05) is 26.0 Å². The first-order valence-electron chi connectivity index (χ1n) is 6.52. The number of amides is 1. The highest BCUT2D eigenvalue weighted by atomic mass is 32.1. The summed E-state index contributed by atoms with van der Waals surface area (Å²) in [4.78, 5) is 14.9. The number of H-pyrrole nitrogens is 1. The van der Waals surface area contributed by atoms with Crippen molar-refractivity contribution >= 4 is 29.2 Å². The maximum absolute atomic E-state index is 11.7. The fourth-order valence-corrected chi connectivity index (χ4v) is 2.25. The third kappa shape index (κ3) is 3.44. The van der Waals surface area contributed by atoms with Crippen molar-refractivity contribution in [2.75, 3.05) is 6.54 Å². The smallest absolute Gasteiger partial charge is 0.221 e. The fraction of sp³-hybridized carbons (Fsp3) is 0.429. The molecule has 0 fully saturated rings. The minimum absolute atomic E-state index is 0.0703. The van der Waals surface area contributed by atoms with E-state index in [1.807, 2.05) is 28.8 Å². The molecule has 0 saturated carbocycles. The van der Waals surface area contributed by atoms with Gasteiger partial charge in [0.15, 0.2) is 4.77 Å². The van der Waals surface area contributed by atoms with Crippen molar-refractivity contribution in [2.45, 2.75) is 26.8 Å². The van der Waals surface area contributed by atoms with Crippen LogP contribution in [0, 0.1) is 10.7 Å². The van der Waals surface area contributed by atoms with Crippen LogP contribution in [0.4, 0.5) is 0 Å². The number of aryl methyl sites for hydroxylation is 1. The van der Waals surface area contributed by atoms with Gasteiger partial charge in [-0.3, -0.25) is 4.79 Å². The van der Waals surface area contributed by atoms with E-state index in [-0.39, 0.29) is 5.91 Å². The maximum atomic E-state index is 11.7. The Morgan fingerprint density at radius 3 is 2.89 bits per heavy atom. The predicted molar refractivity (Wildman–Crippen MR) is 79.6 cm³/mol. The Bertz CT molecular complexity index is 627. The molecule has 0 bridgehead atoms. The number of hydrogen-bond donors (Lipinski definition) is 2. The van der Waals surface area contributed by atoms with Gasteiger partial charge in [-0.15, -0.1) is 0 Å². The van der Waals surface area contributed by atoms with Crippen LogP contribution in [-0.2, 0) is 11.3 Å². The lowest BCUT2D eigenvalue weighted by Gasteiger charge is -2.08. The number of carbonyl (C=O) groups excluding carboxylic acids is 1. The van der Waals surface area contributed by atoms with Gasteiger partial charge >= 0.3 is 0 Å². The summed E-state index contributed by atoms with van der Waals surface area (Å²) < 4.78 is 2.64. The van der Waals surface area contributed by atoms with E-state index in [1.54, 1.807) is 0 Å². The van der Waals surface area contributed by atoms with Crippen molar-refractivity contribution < 1.29 is 4.79 Å². The molecule has 0 saturated heterocycles. The molecule has 1 heterocycles. The van der Waals surface area contributed by atoms with E-state index < -0.39 is 0 Å². The van der Waals surface area contributed by atoms with E-state index in [4.69, 9.17) is 12.2 Å². The normalized spacial score (nSPS) is 11.1. The van der Waals surface area contributed by atoms with Crippen molar-refractivity contribution in [3.8, 4) is 0 Å². The van der Waals surface area contributed by atoms with Gasteiger partial charge in [0, 0.05) is 19.5 Å². The number of aromatic nitrogens is 2. The number of aromatic amines is 1. The van der Waals surface area contributed by atoms with E-state index in [0.29, 0.717) is 23.7 Å². The molecule has 2 aromatic rings. The van der Waals surface area contributed by atoms with Crippen molar-refractivity contribution in [2.24, 2.45) is 5.92 Å². The molecule has 5 heteroatoms. The molecule has 0 aliphatic carbocycles. The van der Waals surface area contributed by atoms with Gasteiger partial charge in [0.05, 0.1) is 11.0 Å². The molecule has 1 aromatic carbocycles. The van der Waals surface area contributed by atoms with Crippen LogP contribution in [0.1, 0.15) is 20.3 Å². The Labute approximate surface area is 117 Å². The molecule has 0 aliphatic rings. The summed E-state index contributed by atoms with van der Waals surface area (Å²) in [6.45, 7) is 5.48. The Balaban J connectivity index is 2.04. The largest absolute Gasteiger partial charge is 0.356 e. The van der Waals surface area contributed by atoms with Gasteiger partial charge in [-0.05, 0) is 30.3 Å². The van der Waals surface area contributed by atoms with Gasteiger partial charge in [-0.2, -0.15) is 0 Å². The molecular formula is C14H19N3OS. The lowest BCUT2D eigenvalue weighted by molar-refractivity contribution is -0.121. The molecule has 0 atom stereocenters. The zero-order valence-electron chi connectivity index (χ0n) is 11.3. The van der Waals surface area contributed by atoms with Gasteiger partial charge < -0.3 is 14.9 Å². The number of hydrogen-bond acceptors (Lipinski definition) is 2. The molecule has 0 aliphatic heterocycles. The highest BCUT2D eigenvalue weighted by molar-refractivity contribution is 7.71. The molecule has 2 rings (SSSR count). The molecule has 102 valence electrons. The maximum Gasteiger partial charge on any atom is 0.221 e. The van der Waals surface area contributed by atoms with Crippen LogP contribution in [0.3, 0.4) is 0 Å². The second-order valence-electron chi connectivity index (χ2n) is 5.05. The first-order valence-corrected chi connectivity index (χ1v) is 6.93. The number of benzene rings is 1. The second kappa shape index (κ2) is 6.02. The van der Waals surface area contributed by atoms with Crippen molar-refractivity contribution in [1.29, 1.82) is 0 Å². The summed E-state index contributed by atoms with van der Waals surface area (Å²) in [6, 6.07) is 7.93. The standard InChI is InChI=1S/C14H19N3OS/c1-10(2)9-15-13(18)7-8-17-12-6-4-3-5-11(12)16-14(17)19/h3-6,10H,7-9H2,1-2H3,(H,15,18)(H,16,19). The lowest BCUT2D eigenvalue weighted by Crippen LogP contribution is -2.28. The first kappa shape index (κ1) is 13.8. The molecule has 0 unspecified atom stereocenters. The number of nitrogens with zero attached hydrogens (tertiary/aromatic N) is 1. The summed E-state index contributed by atoms with van der Waals surface area (Å²) >= 11 is 5.29. The minimum Gasteiger partial charge on any atom is -0.356 e. The van der Waals surface area contributed by atoms with Crippen LogP contribution < -0.4 is 5.32 Å². The lowest BCUT2D eigenvalue weighted by atomic mass is 10.2. The van der Waals surface area contributed by atoms with Gasteiger partial charge in [0.25, 0.3) is 0 Å². The highest BCUT2D eigenvalue weighted by Gasteiger charge is 2.06. The van der Waals surface area contributed by atoms with Crippen molar-refractivity contribution in [3.05, 3.63) is 29.0 Å². The molecule has 1 amide bonds. The molecule has 2 N–H and O–H groups in total. The minimum atomic E-state index is 0.0703. The average molecular weight is 277 g/mol. The Morgan fingerprint density at radius 1 is 1.42 bits per heavy atom. The van der Waals surface area contributed by atoms with Crippen LogP contribution in [-0.4, -0.2) is 22.0 Å². The fourth-order valence-electron chi connectivity index (χ4n) is 1.95. The van der Waals surface area contributed by atoms with E-state index >= 15 is 0 Å². The van der Waals surface area contributed by atoms with E-state index in [2.05, 4.69) is 24.1 Å². The average Bonchev–Trinajstić information content (AvgIpc) is 2.69.